The van der Waals surface area contributed by atoms with Crippen molar-refractivity contribution < 1.29 is 17.9 Å². The molecule has 1 heterocycles. The molecule has 118 valence electrons. The molecule has 1 aliphatic heterocycles. The minimum Gasteiger partial charge on any atom is -0.493 e. The van der Waals surface area contributed by atoms with Crippen LogP contribution >= 0.6 is 11.6 Å². The zero-order valence-corrected chi connectivity index (χ0v) is 13.6. The van der Waals surface area contributed by atoms with Gasteiger partial charge in [0.1, 0.15) is 5.75 Å². The second kappa shape index (κ2) is 7.45. The number of halogens is 1. The van der Waals surface area contributed by atoms with Gasteiger partial charge < -0.3 is 9.47 Å². The van der Waals surface area contributed by atoms with Crippen molar-refractivity contribution in [3.8, 4) is 5.75 Å². The number of rotatable bonds is 6. The van der Waals surface area contributed by atoms with Crippen molar-refractivity contribution in [1.29, 1.82) is 0 Å². The van der Waals surface area contributed by atoms with Crippen LogP contribution in [0.4, 0.5) is 0 Å². The van der Waals surface area contributed by atoms with E-state index in [1.165, 1.54) is 4.31 Å². The van der Waals surface area contributed by atoms with Crippen LogP contribution in [0.25, 0.3) is 0 Å². The number of alkyl halides is 1. The van der Waals surface area contributed by atoms with Crippen molar-refractivity contribution >= 4 is 21.6 Å². The molecule has 0 radical (unpaired) electrons. The molecule has 0 bridgehead atoms. The fraction of sp³-hybridized carbons (Fsp3) is 0.571. The molecule has 1 fully saturated rings. The Morgan fingerprint density at radius 3 is 2.67 bits per heavy atom. The summed E-state index contributed by atoms with van der Waals surface area (Å²) in [7, 11) is -3.49. The molecule has 1 aromatic rings. The number of hydrogen-bond donors (Lipinski definition) is 0. The van der Waals surface area contributed by atoms with Crippen LogP contribution in [0.3, 0.4) is 0 Å². The Bertz CT molecular complexity index is 570. The molecule has 1 aromatic carbocycles. The lowest BCUT2D eigenvalue weighted by molar-refractivity contribution is 0.0730. The number of hydrogen-bond acceptors (Lipinski definition) is 4. The molecule has 1 saturated heterocycles. The van der Waals surface area contributed by atoms with Gasteiger partial charge in [0.25, 0.3) is 0 Å². The highest BCUT2D eigenvalue weighted by molar-refractivity contribution is 7.89. The molecular weight excluding hydrogens is 314 g/mol. The van der Waals surface area contributed by atoms with Crippen LogP contribution in [0.2, 0.25) is 0 Å². The number of sulfonamides is 1. The number of ether oxygens (including phenoxy) is 2. The van der Waals surface area contributed by atoms with Gasteiger partial charge in [-0.1, -0.05) is 6.92 Å². The first-order valence-electron chi connectivity index (χ1n) is 6.99. The smallest absolute Gasteiger partial charge is 0.243 e. The Kier molecular flexibility index (Phi) is 5.87. The summed E-state index contributed by atoms with van der Waals surface area (Å²) in [6.07, 6.45) is 0.884. The van der Waals surface area contributed by atoms with Gasteiger partial charge in [-0.15, -0.1) is 11.6 Å². The zero-order chi connectivity index (χ0) is 15.3. The highest BCUT2D eigenvalue weighted by atomic mass is 35.5. The van der Waals surface area contributed by atoms with Crippen LogP contribution in [-0.4, -0.2) is 45.6 Å². The first kappa shape index (κ1) is 16.5. The van der Waals surface area contributed by atoms with Gasteiger partial charge in [0.2, 0.25) is 10.0 Å². The Morgan fingerprint density at radius 1 is 1.33 bits per heavy atom. The third-order valence-electron chi connectivity index (χ3n) is 3.25. The second-order valence-electron chi connectivity index (χ2n) is 4.77. The third kappa shape index (κ3) is 3.88. The highest BCUT2D eigenvalue weighted by Crippen LogP contribution is 2.26. The van der Waals surface area contributed by atoms with Crippen molar-refractivity contribution in [3.63, 3.8) is 0 Å². The minimum atomic E-state index is -3.49. The van der Waals surface area contributed by atoms with Gasteiger partial charge in [-0.25, -0.2) is 8.42 Å². The molecule has 5 nitrogen and oxygen atoms in total. The maximum atomic E-state index is 12.6. The molecule has 0 aromatic heterocycles. The molecular formula is C14H20ClNO4S. The largest absolute Gasteiger partial charge is 0.493 e. The van der Waals surface area contributed by atoms with Crippen molar-refractivity contribution in [2.24, 2.45) is 0 Å². The standard InChI is InChI=1S/C14H20ClNO4S/c1-2-7-20-14-4-3-13(10-12(14)11-15)21(17,18)16-5-8-19-9-6-16/h3-4,10H,2,5-9,11H2,1H3. The van der Waals surface area contributed by atoms with Crippen LogP contribution in [0.1, 0.15) is 18.9 Å². The van der Waals surface area contributed by atoms with Crippen molar-refractivity contribution in [3.05, 3.63) is 23.8 Å². The molecule has 0 unspecified atom stereocenters. The molecule has 2 rings (SSSR count). The lowest BCUT2D eigenvalue weighted by atomic mass is 10.2. The van der Waals surface area contributed by atoms with Crippen molar-refractivity contribution in [2.75, 3.05) is 32.9 Å². The molecule has 0 aliphatic carbocycles. The van der Waals surface area contributed by atoms with Gasteiger partial charge in [-0.2, -0.15) is 4.31 Å². The molecule has 0 atom stereocenters. The second-order valence-corrected chi connectivity index (χ2v) is 6.97. The van der Waals surface area contributed by atoms with Gasteiger partial charge in [-0.05, 0) is 24.6 Å². The molecule has 0 amide bonds. The van der Waals surface area contributed by atoms with E-state index >= 15 is 0 Å². The summed E-state index contributed by atoms with van der Waals surface area (Å²) in [4.78, 5) is 0.254. The van der Waals surface area contributed by atoms with E-state index in [2.05, 4.69) is 0 Å². The fourth-order valence-electron chi connectivity index (χ4n) is 2.11. The minimum absolute atomic E-state index is 0.214. The van der Waals surface area contributed by atoms with Crippen molar-refractivity contribution in [1.82, 2.24) is 4.31 Å². The number of morpholine rings is 1. The Hall–Kier alpha value is -0.820. The summed E-state index contributed by atoms with van der Waals surface area (Å²) < 4.78 is 37.3. The van der Waals surface area contributed by atoms with Crippen LogP contribution in [0, 0.1) is 0 Å². The third-order valence-corrected chi connectivity index (χ3v) is 5.43. The molecule has 0 N–H and O–H groups in total. The Labute approximate surface area is 130 Å². The van der Waals surface area contributed by atoms with Crippen LogP contribution < -0.4 is 4.74 Å². The normalized spacial score (nSPS) is 16.9. The summed E-state index contributed by atoms with van der Waals surface area (Å²) in [5.41, 5.74) is 0.694. The number of benzene rings is 1. The van der Waals surface area contributed by atoms with Crippen LogP contribution in [0.15, 0.2) is 23.1 Å². The van der Waals surface area contributed by atoms with Crippen LogP contribution in [-0.2, 0) is 20.6 Å². The monoisotopic (exact) mass is 333 g/mol. The summed E-state index contributed by atoms with van der Waals surface area (Å²) >= 11 is 5.91. The fourth-order valence-corrected chi connectivity index (χ4v) is 3.78. The average Bonchev–Trinajstić information content (AvgIpc) is 2.53. The van der Waals surface area contributed by atoms with E-state index in [0.717, 1.165) is 6.42 Å². The Balaban J connectivity index is 2.26. The summed E-state index contributed by atoms with van der Waals surface area (Å²) in [5, 5.41) is 0. The molecule has 21 heavy (non-hydrogen) atoms. The van der Waals surface area contributed by atoms with Gasteiger partial charge in [-0.3, -0.25) is 0 Å². The molecule has 0 saturated carbocycles. The number of nitrogens with zero attached hydrogens (tertiary/aromatic N) is 1. The van der Waals surface area contributed by atoms with E-state index < -0.39 is 10.0 Å². The predicted octanol–water partition coefficient (Wildman–Crippen LogP) is 2.24. The summed E-state index contributed by atoms with van der Waals surface area (Å²) in [5.74, 6) is 0.860. The van der Waals surface area contributed by atoms with Gasteiger partial charge >= 0.3 is 0 Å². The Morgan fingerprint density at radius 2 is 2.05 bits per heavy atom. The van der Waals surface area contributed by atoms with E-state index in [1.54, 1.807) is 18.2 Å². The lowest BCUT2D eigenvalue weighted by Crippen LogP contribution is -2.40. The van der Waals surface area contributed by atoms with E-state index in [9.17, 15) is 8.42 Å². The average molecular weight is 334 g/mol. The highest BCUT2D eigenvalue weighted by Gasteiger charge is 2.26. The summed E-state index contributed by atoms with van der Waals surface area (Å²) in [6, 6.07) is 4.86. The predicted molar refractivity (Wildman–Crippen MR) is 81.4 cm³/mol. The maximum absolute atomic E-state index is 12.6. The van der Waals surface area contributed by atoms with E-state index in [-0.39, 0.29) is 10.8 Å². The topological polar surface area (TPSA) is 55.8 Å². The SMILES string of the molecule is CCCOc1ccc(S(=O)(=O)N2CCOCC2)cc1CCl. The van der Waals surface area contributed by atoms with Crippen molar-refractivity contribution in [2.45, 2.75) is 24.1 Å². The maximum Gasteiger partial charge on any atom is 0.243 e. The summed E-state index contributed by atoms with van der Waals surface area (Å²) in [6.45, 7) is 4.22. The van der Waals surface area contributed by atoms with Gasteiger partial charge in [0.05, 0.1) is 30.6 Å². The zero-order valence-electron chi connectivity index (χ0n) is 12.0. The first-order valence-corrected chi connectivity index (χ1v) is 8.96. The first-order chi connectivity index (χ1) is 10.1. The van der Waals surface area contributed by atoms with Gasteiger partial charge in [0.15, 0.2) is 0 Å². The lowest BCUT2D eigenvalue weighted by Gasteiger charge is -2.26. The van der Waals surface area contributed by atoms with E-state index in [0.29, 0.717) is 44.2 Å². The molecule has 7 heteroatoms. The van der Waals surface area contributed by atoms with E-state index in [1.807, 2.05) is 6.92 Å². The molecule has 1 aliphatic rings. The quantitative estimate of drug-likeness (QED) is 0.749. The molecule has 0 spiro atoms. The van der Waals surface area contributed by atoms with Gasteiger partial charge in [0, 0.05) is 18.7 Å². The van der Waals surface area contributed by atoms with Crippen LogP contribution in [0.5, 0.6) is 5.75 Å². The van der Waals surface area contributed by atoms with E-state index in [4.69, 9.17) is 21.1 Å².